The predicted octanol–water partition coefficient (Wildman–Crippen LogP) is 4.45. The molecule has 2 aromatic carbocycles. The molecule has 1 atom stereocenters. The van der Waals surface area contributed by atoms with Crippen molar-refractivity contribution in [2.24, 2.45) is 0 Å². The first-order valence-corrected chi connectivity index (χ1v) is 7.56. The highest BCUT2D eigenvalue weighted by Crippen LogP contribution is 2.32. The molecule has 0 saturated carbocycles. The van der Waals surface area contributed by atoms with Crippen LogP contribution in [0.5, 0.6) is 5.75 Å². The standard InChI is InChI=1S/C19H15F3O4/c1-12(18(24)25)26-15-9-6-14(7-10-15)17(23)11-8-13-4-2-3-5-16(13)19(20,21)22/h2-12H,1H3,(H,24,25). The third-order valence-corrected chi connectivity index (χ3v) is 3.48. The van der Waals surface area contributed by atoms with Crippen LogP contribution in [0, 0.1) is 0 Å². The molecule has 0 radical (unpaired) electrons. The first kappa shape index (κ1) is 19.2. The molecule has 0 aliphatic carbocycles. The largest absolute Gasteiger partial charge is 0.479 e. The fourth-order valence-electron chi connectivity index (χ4n) is 2.11. The molecule has 2 aromatic rings. The van der Waals surface area contributed by atoms with Gasteiger partial charge in [0.25, 0.3) is 0 Å². The Kier molecular flexibility index (Phi) is 5.82. The highest BCUT2D eigenvalue weighted by Gasteiger charge is 2.32. The molecular weight excluding hydrogens is 349 g/mol. The number of hydrogen-bond acceptors (Lipinski definition) is 3. The SMILES string of the molecule is CC(Oc1ccc(C(=O)C=Cc2ccccc2C(F)(F)F)cc1)C(=O)O. The fraction of sp³-hybridized carbons (Fsp3) is 0.158. The van der Waals surface area contributed by atoms with Crippen molar-refractivity contribution in [2.45, 2.75) is 19.2 Å². The van der Waals surface area contributed by atoms with Crippen LogP contribution in [-0.4, -0.2) is 23.0 Å². The van der Waals surface area contributed by atoms with Crippen molar-refractivity contribution in [2.75, 3.05) is 0 Å². The normalized spacial score (nSPS) is 12.8. The monoisotopic (exact) mass is 364 g/mol. The molecule has 1 N–H and O–H groups in total. The first-order chi connectivity index (χ1) is 12.2. The minimum Gasteiger partial charge on any atom is -0.479 e. The summed E-state index contributed by atoms with van der Waals surface area (Å²) in [5, 5.41) is 8.78. The summed E-state index contributed by atoms with van der Waals surface area (Å²) in [7, 11) is 0. The number of carbonyl (C=O) groups is 2. The summed E-state index contributed by atoms with van der Waals surface area (Å²) in [4.78, 5) is 22.8. The lowest BCUT2D eigenvalue weighted by Crippen LogP contribution is -2.22. The zero-order valence-electron chi connectivity index (χ0n) is 13.7. The molecule has 136 valence electrons. The second-order valence-electron chi connectivity index (χ2n) is 5.41. The van der Waals surface area contributed by atoms with Gasteiger partial charge in [-0.1, -0.05) is 24.3 Å². The maximum Gasteiger partial charge on any atom is 0.416 e. The zero-order chi connectivity index (χ0) is 19.3. The van der Waals surface area contributed by atoms with Gasteiger partial charge in [-0.2, -0.15) is 13.2 Å². The van der Waals surface area contributed by atoms with Crippen LogP contribution in [0.2, 0.25) is 0 Å². The van der Waals surface area contributed by atoms with Gasteiger partial charge in [-0.15, -0.1) is 0 Å². The molecule has 0 amide bonds. The Bertz CT molecular complexity index is 823. The number of carbonyl (C=O) groups excluding carboxylic acids is 1. The summed E-state index contributed by atoms with van der Waals surface area (Å²) < 4.78 is 43.9. The molecule has 0 heterocycles. The van der Waals surface area contributed by atoms with E-state index in [2.05, 4.69) is 0 Å². The molecule has 2 rings (SSSR count). The van der Waals surface area contributed by atoms with E-state index in [0.29, 0.717) is 0 Å². The van der Waals surface area contributed by atoms with E-state index in [4.69, 9.17) is 9.84 Å². The predicted molar refractivity (Wildman–Crippen MR) is 89.0 cm³/mol. The molecular formula is C19H15F3O4. The van der Waals surface area contributed by atoms with Crippen molar-refractivity contribution in [1.29, 1.82) is 0 Å². The molecule has 0 spiro atoms. The van der Waals surface area contributed by atoms with Gasteiger partial charge in [0.15, 0.2) is 11.9 Å². The Labute approximate surface area is 147 Å². The van der Waals surface area contributed by atoms with E-state index < -0.39 is 29.6 Å². The summed E-state index contributed by atoms with van der Waals surface area (Å²) in [6, 6.07) is 10.6. The Morgan fingerprint density at radius 3 is 2.27 bits per heavy atom. The lowest BCUT2D eigenvalue weighted by molar-refractivity contribution is -0.144. The molecule has 0 bridgehead atoms. The van der Waals surface area contributed by atoms with Gasteiger partial charge in [-0.3, -0.25) is 4.79 Å². The quantitative estimate of drug-likeness (QED) is 0.607. The van der Waals surface area contributed by atoms with Crippen molar-refractivity contribution in [3.8, 4) is 5.75 Å². The van der Waals surface area contributed by atoms with Crippen LogP contribution in [0.3, 0.4) is 0 Å². The lowest BCUT2D eigenvalue weighted by atomic mass is 10.0. The van der Waals surface area contributed by atoms with Crippen LogP contribution in [0.4, 0.5) is 13.2 Å². The highest BCUT2D eigenvalue weighted by molar-refractivity contribution is 6.06. The van der Waals surface area contributed by atoms with Crippen LogP contribution in [-0.2, 0) is 11.0 Å². The molecule has 0 aromatic heterocycles. The van der Waals surface area contributed by atoms with Gasteiger partial charge >= 0.3 is 12.1 Å². The van der Waals surface area contributed by atoms with Crippen molar-refractivity contribution in [3.63, 3.8) is 0 Å². The summed E-state index contributed by atoms with van der Waals surface area (Å²) in [6.45, 7) is 1.36. The lowest BCUT2D eigenvalue weighted by Gasteiger charge is -2.10. The van der Waals surface area contributed by atoms with Gasteiger partial charge in [0.2, 0.25) is 0 Å². The second-order valence-corrected chi connectivity index (χ2v) is 5.41. The summed E-state index contributed by atoms with van der Waals surface area (Å²) in [5.41, 5.74) is -0.694. The van der Waals surface area contributed by atoms with E-state index >= 15 is 0 Å². The average molecular weight is 364 g/mol. The number of aliphatic carboxylic acids is 1. The number of carboxylic acids is 1. The number of benzene rings is 2. The Balaban J connectivity index is 2.13. The molecule has 4 nitrogen and oxygen atoms in total. The van der Waals surface area contributed by atoms with Crippen molar-refractivity contribution in [1.82, 2.24) is 0 Å². The number of alkyl halides is 3. The van der Waals surface area contributed by atoms with E-state index in [-0.39, 0.29) is 16.9 Å². The average Bonchev–Trinajstić information content (AvgIpc) is 2.59. The van der Waals surface area contributed by atoms with Crippen LogP contribution < -0.4 is 4.74 Å². The van der Waals surface area contributed by atoms with E-state index in [1.165, 1.54) is 49.4 Å². The van der Waals surface area contributed by atoms with Gasteiger partial charge in [0.1, 0.15) is 5.75 Å². The topological polar surface area (TPSA) is 63.6 Å². The van der Waals surface area contributed by atoms with Gasteiger partial charge in [0, 0.05) is 5.56 Å². The molecule has 0 aliphatic rings. The third-order valence-electron chi connectivity index (χ3n) is 3.48. The number of carboxylic acid groups (broad SMARTS) is 1. The Morgan fingerprint density at radius 2 is 1.69 bits per heavy atom. The number of ether oxygens (including phenoxy) is 1. The fourth-order valence-corrected chi connectivity index (χ4v) is 2.11. The second kappa shape index (κ2) is 7.86. The summed E-state index contributed by atoms with van der Waals surface area (Å²) in [5.74, 6) is -1.35. The number of hydrogen-bond donors (Lipinski definition) is 1. The van der Waals surface area contributed by atoms with Crippen molar-refractivity contribution >= 4 is 17.8 Å². The molecule has 26 heavy (non-hydrogen) atoms. The van der Waals surface area contributed by atoms with Crippen LogP contribution in [0.25, 0.3) is 6.08 Å². The molecule has 1 unspecified atom stereocenters. The third kappa shape index (κ3) is 4.95. The van der Waals surface area contributed by atoms with Crippen LogP contribution >= 0.6 is 0 Å². The highest BCUT2D eigenvalue weighted by atomic mass is 19.4. The van der Waals surface area contributed by atoms with Gasteiger partial charge in [0.05, 0.1) is 5.56 Å². The van der Waals surface area contributed by atoms with Gasteiger partial charge in [-0.25, -0.2) is 4.79 Å². The minimum absolute atomic E-state index is 0.108. The van der Waals surface area contributed by atoms with E-state index in [1.807, 2.05) is 0 Å². The summed E-state index contributed by atoms with van der Waals surface area (Å²) >= 11 is 0. The number of rotatable bonds is 6. The van der Waals surface area contributed by atoms with Crippen LogP contribution in [0.15, 0.2) is 54.6 Å². The van der Waals surface area contributed by atoms with E-state index in [0.717, 1.165) is 18.2 Å². The van der Waals surface area contributed by atoms with Gasteiger partial charge < -0.3 is 9.84 Å². The Morgan fingerprint density at radius 1 is 1.08 bits per heavy atom. The Hall–Kier alpha value is -3.09. The number of halogens is 3. The molecule has 0 saturated heterocycles. The van der Waals surface area contributed by atoms with Crippen molar-refractivity contribution < 1.29 is 32.6 Å². The minimum atomic E-state index is -4.51. The molecule has 0 fully saturated rings. The van der Waals surface area contributed by atoms with E-state index in [9.17, 15) is 22.8 Å². The molecule has 7 heteroatoms. The first-order valence-electron chi connectivity index (χ1n) is 7.56. The van der Waals surface area contributed by atoms with Gasteiger partial charge in [-0.05, 0) is 48.9 Å². The number of ketones is 1. The summed E-state index contributed by atoms with van der Waals surface area (Å²) in [6.07, 6.45) is -3.39. The maximum atomic E-state index is 12.9. The number of allylic oxidation sites excluding steroid dienone is 1. The van der Waals surface area contributed by atoms with Crippen molar-refractivity contribution in [3.05, 3.63) is 71.3 Å². The maximum absolute atomic E-state index is 12.9. The zero-order valence-corrected chi connectivity index (χ0v) is 13.7. The molecule has 0 aliphatic heterocycles. The van der Waals surface area contributed by atoms with Crippen LogP contribution in [0.1, 0.15) is 28.4 Å². The van der Waals surface area contributed by atoms with E-state index in [1.54, 1.807) is 0 Å². The smallest absolute Gasteiger partial charge is 0.416 e.